The van der Waals surface area contributed by atoms with Crippen LogP contribution in [0, 0.1) is 3.57 Å². The van der Waals surface area contributed by atoms with Gasteiger partial charge in [0.15, 0.2) is 5.13 Å². The van der Waals surface area contributed by atoms with Gasteiger partial charge in [-0.1, -0.05) is 12.1 Å². The van der Waals surface area contributed by atoms with Crippen molar-refractivity contribution in [3.63, 3.8) is 0 Å². The third kappa shape index (κ3) is 4.44. The summed E-state index contributed by atoms with van der Waals surface area (Å²) in [6.45, 7) is 0. The fourth-order valence-corrected chi connectivity index (χ4v) is 3.31. The maximum absolute atomic E-state index is 12.3. The maximum atomic E-state index is 12.3. The summed E-state index contributed by atoms with van der Waals surface area (Å²) in [5.74, 6) is 1.16. The van der Waals surface area contributed by atoms with Gasteiger partial charge in [0.25, 0.3) is 0 Å². The third-order valence-corrected chi connectivity index (χ3v) is 5.00. The molecule has 0 radical (unpaired) electrons. The molecule has 2 amide bonds. The number of amides is 2. The molecule has 0 unspecified atom stereocenters. The second-order valence-corrected chi connectivity index (χ2v) is 7.29. The SMILES string of the molecule is COc1ccc(NC(=O)Nc2nc(-c3ccc(I)cc3)cs2)c(OC)c1. The molecule has 3 aromatic rings. The molecule has 0 saturated heterocycles. The average molecular weight is 481 g/mol. The topological polar surface area (TPSA) is 72.5 Å². The van der Waals surface area contributed by atoms with Crippen molar-refractivity contribution in [2.24, 2.45) is 0 Å². The summed E-state index contributed by atoms with van der Waals surface area (Å²) < 4.78 is 11.6. The van der Waals surface area contributed by atoms with Gasteiger partial charge in [-0.25, -0.2) is 9.78 Å². The molecule has 0 bridgehead atoms. The van der Waals surface area contributed by atoms with E-state index >= 15 is 0 Å². The van der Waals surface area contributed by atoms with Crippen molar-refractivity contribution in [3.05, 3.63) is 51.4 Å². The van der Waals surface area contributed by atoms with Crippen LogP contribution in [0.2, 0.25) is 0 Å². The second kappa shape index (κ2) is 8.37. The number of carbonyl (C=O) groups is 1. The van der Waals surface area contributed by atoms with Crippen LogP contribution < -0.4 is 20.1 Å². The summed E-state index contributed by atoms with van der Waals surface area (Å²) in [7, 11) is 3.11. The van der Waals surface area contributed by atoms with Crippen molar-refractivity contribution in [1.29, 1.82) is 0 Å². The molecular weight excluding hydrogens is 465 g/mol. The first kappa shape index (κ1) is 18.5. The van der Waals surface area contributed by atoms with Crippen LogP contribution in [0.1, 0.15) is 0 Å². The van der Waals surface area contributed by atoms with Gasteiger partial charge in [0, 0.05) is 20.6 Å². The summed E-state index contributed by atoms with van der Waals surface area (Å²) in [5.41, 5.74) is 2.37. The van der Waals surface area contributed by atoms with Crippen molar-refractivity contribution in [3.8, 4) is 22.8 Å². The number of hydrogen-bond donors (Lipinski definition) is 2. The zero-order valence-corrected chi connectivity index (χ0v) is 17.1. The molecule has 2 N–H and O–H groups in total. The standard InChI is InChI=1S/C18H16IN3O3S/c1-24-13-7-8-14(16(9-13)25-2)20-17(23)22-18-21-15(10-26-18)11-3-5-12(19)6-4-11/h3-10H,1-2H3,(H2,20,21,22,23). The minimum absolute atomic E-state index is 0.392. The average Bonchev–Trinajstić information content (AvgIpc) is 3.11. The Morgan fingerprint density at radius 2 is 1.85 bits per heavy atom. The first-order chi connectivity index (χ1) is 12.6. The minimum atomic E-state index is -0.392. The number of urea groups is 1. The summed E-state index contributed by atoms with van der Waals surface area (Å²) in [6.07, 6.45) is 0. The number of benzene rings is 2. The largest absolute Gasteiger partial charge is 0.497 e. The van der Waals surface area contributed by atoms with Crippen LogP contribution in [-0.2, 0) is 0 Å². The van der Waals surface area contributed by atoms with E-state index in [0.29, 0.717) is 22.3 Å². The van der Waals surface area contributed by atoms with Crippen molar-refractivity contribution in [2.45, 2.75) is 0 Å². The number of carbonyl (C=O) groups excluding carboxylic acids is 1. The quantitative estimate of drug-likeness (QED) is 0.499. The first-order valence-electron chi connectivity index (χ1n) is 7.60. The van der Waals surface area contributed by atoms with Crippen LogP contribution in [0.5, 0.6) is 11.5 Å². The molecule has 1 heterocycles. The Morgan fingerprint density at radius 1 is 1.08 bits per heavy atom. The van der Waals surface area contributed by atoms with Gasteiger partial charge >= 0.3 is 6.03 Å². The van der Waals surface area contributed by atoms with Gasteiger partial charge in [-0.2, -0.15) is 0 Å². The van der Waals surface area contributed by atoms with Crippen molar-refractivity contribution >= 4 is 50.8 Å². The van der Waals surface area contributed by atoms with Crippen LogP contribution in [0.25, 0.3) is 11.3 Å². The van der Waals surface area contributed by atoms with Crippen LogP contribution in [-0.4, -0.2) is 25.2 Å². The first-order valence-corrected chi connectivity index (χ1v) is 9.56. The van der Waals surface area contributed by atoms with E-state index in [4.69, 9.17) is 9.47 Å². The molecule has 8 heteroatoms. The van der Waals surface area contributed by atoms with Crippen molar-refractivity contribution in [1.82, 2.24) is 4.98 Å². The van der Waals surface area contributed by atoms with E-state index in [1.54, 1.807) is 25.3 Å². The Hall–Kier alpha value is -2.33. The lowest BCUT2D eigenvalue weighted by atomic mass is 10.2. The molecular formula is C18H16IN3O3S. The number of hydrogen-bond acceptors (Lipinski definition) is 5. The number of halogens is 1. The number of ether oxygens (including phenoxy) is 2. The fourth-order valence-electron chi connectivity index (χ4n) is 2.24. The van der Waals surface area contributed by atoms with Crippen LogP contribution in [0.15, 0.2) is 47.8 Å². The number of nitrogens with one attached hydrogen (secondary N) is 2. The summed E-state index contributed by atoms with van der Waals surface area (Å²) in [5, 5.41) is 7.92. The van der Waals surface area contributed by atoms with Gasteiger partial charge in [0.2, 0.25) is 0 Å². The van der Waals surface area contributed by atoms with Crippen LogP contribution >= 0.6 is 33.9 Å². The molecule has 0 atom stereocenters. The molecule has 0 spiro atoms. The molecule has 2 aromatic carbocycles. The predicted molar refractivity (Wildman–Crippen MR) is 112 cm³/mol. The molecule has 134 valence electrons. The Kier molecular flexibility index (Phi) is 5.94. The van der Waals surface area contributed by atoms with E-state index in [1.165, 1.54) is 18.4 Å². The number of nitrogens with zero attached hydrogens (tertiary/aromatic N) is 1. The van der Waals surface area contributed by atoms with Gasteiger partial charge < -0.3 is 14.8 Å². The highest BCUT2D eigenvalue weighted by molar-refractivity contribution is 14.1. The highest BCUT2D eigenvalue weighted by Gasteiger charge is 2.11. The fraction of sp³-hybridized carbons (Fsp3) is 0.111. The van der Waals surface area contributed by atoms with E-state index in [0.717, 1.165) is 14.8 Å². The molecule has 0 saturated carbocycles. The number of anilines is 2. The van der Waals surface area contributed by atoms with E-state index in [-0.39, 0.29) is 0 Å². The summed E-state index contributed by atoms with van der Waals surface area (Å²) >= 11 is 3.62. The monoisotopic (exact) mass is 481 g/mol. The molecule has 1 aromatic heterocycles. The smallest absolute Gasteiger partial charge is 0.325 e. The molecule has 26 heavy (non-hydrogen) atoms. The Bertz CT molecular complexity index is 912. The molecule has 0 aliphatic rings. The van der Waals surface area contributed by atoms with E-state index in [1.807, 2.05) is 29.6 Å². The van der Waals surface area contributed by atoms with Crippen LogP contribution in [0.3, 0.4) is 0 Å². The zero-order valence-electron chi connectivity index (χ0n) is 14.1. The normalized spacial score (nSPS) is 10.3. The van der Waals surface area contributed by atoms with Crippen molar-refractivity contribution < 1.29 is 14.3 Å². The van der Waals surface area contributed by atoms with Crippen LogP contribution in [0.4, 0.5) is 15.6 Å². The predicted octanol–water partition coefficient (Wildman–Crippen LogP) is 5.08. The van der Waals surface area contributed by atoms with Gasteiger partial charge in [-0.15, -0.1) is 11.3 Å². The second-order valence-electron chi connectivity index (χ2n) is 5.19. The molecule has 3 rings (SSSR count). The molecule has 0 aliphatic heterocycles. The lowest BCUT2D eigenvalue weighted by Gasteiger charge is -2.11. The van der Waals surface area contributed by atoms with E-state index in [2.05, 4.69) is 38.2 Å². The lowest BCUT2D eigenvalue weighted by molar-refractivity contribution is 0.262. The van der Waals surface area contributed by atoms with Gasteiger partial charge in [-0.3, -0.25) is 5.32 Å². The highest BCUT2D eigenvalue weighted by Crippen LogP contribution is 2.30. The minimum Gasteiger partial charge on any atom is -0.497 e. The van der Waals surface area contributed by atoms with E-state index < -0.39 is 6.03 Å². The van der Waals surface area contributed by atoms with Gasteiger partial charge in [0.05, 0.1) is 25.6 Å². The van der Waals surface area contributed by atoms with Gasteiger partial charge in [0.1, 0.15) is 11.5 Å². The molecule has 0 aliphatic carbocycles. The zero-order chi connectivity index (χ0) is 18.5. The summed E-state index contributed by atoms with van der Waals surface area (Å²) in [4.78, 5) is 16.7. The molecule has 0 fully saturated rings. The van der Waals surface area contributed by atoms with Crippen molar-refractivity contribution in [2.75, 3.05) is 24.9 Å². The number of aromatic nitrogens is 1. The lowest BCUT2D eigenvalue weighted by Crippen LogP contribution is -2.19. The van der Waals surface area contributed by atoms with E-state index in [9.17, 15) is 4.79 Å². The molecule has 6 nitrogen and oxygen atoms in total. The number of thiazole rings is 1. The number of methoxy groups -OCH3 is 2. The highest BCUT2D eigenvalue weighted by atomic mass is 127. The third-order valence-electron chi connectivity index (χ3n) is 3.52. The Morgan fingerprint density at radius 3 is 2.54 bits per heavy atom. The van der Waals surface area contributed by atoms with Gasteiger partial charge in [-0.05, 0) is 46.9 Å². The summed E-state index contributed by atoms with van der Waals surface area (Å²) in [6, 6.07) is 12.8. The Labute approximate surface area is 168 Å². The maximum Gasteiger partial charge on any atom is 0.325 e. The number of rotatable bonds is 5. The Balaban J connectivity index is 1.68.